The van der Waals surface area contributed by atoms with Crippen LogP contribution in [-0.4, -0.2) is 18.6 Å². The summed E-state index contributed by atoms with van der Waals surface area (Å²) in [5.41, 5.74) is 1.02. The largest absolute Gasteiger partial charge is 0.490 e. The Balaban J connectivity index is 2.26. The van der Waals surface area contributed by atoms with E-state index in [0.717, 1.165) is 17.7 Å². The number of aromatic nitrogens is 1. The maximum atomic E-state index is 5.98. The summed E-state index contributed by atoms with van der Waals surface area (Å²) in [6, 6.07) is 11.8. The third kappa shape index (κ3) is 3.95. The number of hydrogen-bond donors (Lipinski definition) is 1. The molecule has 1 aromatic heterocycles. The highest BCUT2D eigenvalue weighted by atomic mass is 16.5. The second-order valence-electron chi connectivity index (χ2n) is 4.81. The minimum absolute atomic E-state index is 0.164. The Bertz CT molecular complexity index is 572. The molecule has 0 aliphatic carbocycles. The average Bonchev–Trinajstić information content (AvgIpc) is 2.54. The lowest BCUT2D eigenvalue weighted by atomic mass is 10.1. The summed E-state index contributed by atoms with van der Waals surface area (Å²) >= 11 is 0. The molecular formula is C17H22N2O2. The van der Waals surface area contributed by atoms with Crippen LogP contribution in [0.3, 0.4) is 0 Å². The van der Waals surface area contributed by atoms with Crippen molar-refractivity contribution >= 4 is 0 Å². The number of nitrogens with one attached hydrogen (secondary N) is 1. The molecule has 0 aliphatic rings. The summed E-state index contributed by atoms with van der Waals surface area (Å²) in [5.74, 6) is 2.04. The first kappa shape index (κ1) is 15.3. The van der Waals surface area contributed by atoms with E-state index >= 15 is 0 Å². The summed E-state index contributed by atoms with van der Waals surface area (Å²) < 4.78 is 11.7. The fraction of sp³-hybridized carbons (Fsp3) is 0.353. The number of para-hydroxylation sites is 2. The molecule has 112 valence electrons. The van der Waals surface area contributed by atoms with Crippen molar-refractivity contribution < 1.29 is 9.47 Å². The van der Waals surface area contributed by atoms with Gasteiger partial charge in [0.15, 0.2) is 11.5 Å². The molecule has 0 fully saturated rings. The van der Waals surface area contributed by atoms with Crippen LogP contribution in [0.15, 0.2) is 42.6 Å². The first-order chi connectivity index (χ1) is 10.3. The quantitative estimate of drug-likeness (QED) is 0.837. The van der Waals surface area contributed by atoms with Gasteiger partial charge in [-0.2, -0.15) is 0 Å². The second-order valence-corrected chi connectivity index (χ2v) is 4.81. The zero-order valence-electron chi connectivity index (χ0n) is 12.8. The third-order valence-electron chi connectivity index (χ3n) is 3.22. The van der Waals surface area contributed by atoms with E-state index in [0.29, 0.717) is 18.2 Å². The normalized spacial score (nSPS) is 12.0. The van der Waals surface area contributed by atoms with Crippen LogP contribution in [0, 0.1) is 0 Å². The molecule has 2 aromatic rings. The van der Waals surface area contributed by atoms with Crippen LogP contribution in [0.25, 0.3) is 0 Å². The molecular weight excluding hydrogens is 264 g/mol. The van der Waals surface area contributed by atoms with Crippen LogP contribution in [0.4, 0.5) is 0 Å². The fourth-order valence-electron chi connectivity index (χ4n) is 1.94. The standard InChI is InChI=1S/C17H22N2O2/c1-4-12-20-15-9-5-6-10-16(15)21-17-14(13(2)18-3)8-7-11-19-17/h5-11,13,18H,4,12H2,1-3H3. The molecule has 21 heavy (non-hydrogen) atoms. The van der Waals surface area contributed by atoms with Gasteiger partial charge in [0.2, 0.25) is 5.88 Å². The van der Waals surface area contributed by atoms with Gasteiger partial charge in [-0.25, -0.2) is 4.98 Å². The van der Waals surface area contributed by atoms with Gasteiger partial charge in [-0.3, -0.25) is 0 Å². The van der Waals surface area contributed by atoms with Crippen molar-refractivity contribution in [3.63, 3.8) is 0 Å². The Morgan fingerprint density at radius 3 is 2.62 bits per heavy atom. The Labute approximate surface area is 126 Å². The number of benzene rings is 1. The average molecular weight is 286 g/mol. The van der Waals surface area contributed by atoms with Crippen LogP contribution >= 0.6 is 0 Å². The van der Waals surface area contributed by atoms with E-state index in [9.17, 15) is 0 Å². The Morgan fingerprint density at radius 1 is 1.14 bits per heavy atom. The van der Waals surface area contributed by atoms with Crippen molar-refractivity contribution in [3.05, 3.63) is 48.2 Å². The molecule has 0 radical (unpaired) electrons. The van der Waals surface area contributed by atoms with Gasteiger partial charge in [-0.15, -0.1) is 0 Å². The van der Waals surface area contributed by atoms with Crippen molar-refractivity contribution in [3.8, 4) is 17.4 Å². The van der Waals surface area contributed by atoms with Gasteiger partial charge in [0.1, 0.15) is 0 Å². The molecule has 4 nitrogen and oxygen atoms in total. The molecule has 1 aromatic carbocycles. The van der Waals surface area contributed by atoms with E-state index in [1.165, 1.54) is 0 Å². The molecule has 0 saturated heterocycles. The zero-order chi connectivity index (χ0) is 15.1. The summed E-state index contributed by atoms with van der Waals surface area (Å²) in [6.45, 7) is 4.82. The SMILES string of the molecule is CCCOc1ccccc1Oc1ncccc1C(C)NC. The molecule has 0 amide bonds. The highest BCUT2D eigenvalue weighted by molar-refractivity contribution is 5.43. The van der Waals surface area contributed by atoms with Crippen LogP contribution in [0.2, 0.25) is 0 Å². The second kappa shape index (κ2) is 7.64. The highest BCUT2D eigenvalue weighted by Gasteiger charge is 2.13. The lowest BCUT2D eigenvalue weighted by Crippen LogP contribution is -2.13. The summed E-state index contributed by atoms with van der Waals surface area (Å²) in [7, 11) is 1.92. The smallest absolute Gasteiger partial charge is 0.224 e. The van der Waals surface area contributed by atoms with Crippen molar-refractivity contribution in [2.45, 2.75) is 26.3 Å². The van der Waals surface area contributed by atoms with Gasteiger partial charge < -0.3 is 14.8 Å². The van der Waals surface area contributed by atoms with Crippen LogP contribution in [-0.2, 0) is 0 Å². The number of pyridine rings is 1. The number of nitrogens with zero attached hydrogens (tertiary/aromatic N) is 1. The number of rotatable bonds is 7. The van der Waals surface area contributed by atoms with E-state index in [4.69, 9.17) is 9.47 Å². The van der Waals surface area contributed by atoms with Crippen LogP contribution < -0.4 is 14.8 Å². The molecule has 0 saturated carbocycles. The van der Waals surface area contributed by atoms with Gasteiger partial charge >= 0.3 is 0 Å². The molecule has 0 aliphatic heterocycles. The predicted molar refractivity (Wildman–Crippen MR) is 84.0 cm³/mol. The first-order valence-electron chi connectivity index (χ1n) is 7.28. The van der Waals surface area contributed by atoms with Gasteiger partial charge in [0.25, 0.3) is 0 Å². The first-order valence-corrected chi connectivity index (χ1v) is 7.28. The van der Waals surface area contributed by atoms with E-state index in [-0.39, 0.29) is 6.04 Å². The lowest BCUT2D eigenvalue weighted by molar-refractivity contribution is 0.300. The summed E-state index contributed by atoms with van der Waals surface area (Å²) in [5, 5.41) is 3.21. The van der Waals surface area contributed by atoms with Gasteiger partial charge in [-0.1, -0.05) is 25.1 Å². The monoisotopic (exact) mass is 286 g/mol. The molecule has 1 unspecified atom stereocenters. The highest BCUT2D eigenvalue weighted by Crippen LogP contribution is 2.33. The Morgan fingerprint density at radius 2 is 1.90 bits per heavy atom. The summed E-state index contributed by atoms with van der Waals surface area (Å²) in [4.78, 5) is 4.35. The van der Waals surface area contributed by atoms with Gasteiger partial charge in [0, 0.05) is 17.8 Å². The molecule has 1 atom stereocenters. The van der Waals surface area contributed by atoms with Crippen LogP contribution in [0.5, 0.6) is 17.4 Å². The van der Waals surface area contributed by atoms with E-state index in [1.54, 1.807) is 6.20 Å². The zero-order valence-corrected chi connectivity index (χ0v) is 12.8. The number of ether oxygens (including phenoxy) is 2. The minimum atomic E-state index is 0.164. The van der Waals surface area contributed by atoms with Crippen LogP contribution in [0.1, 0.15) is 31.9 Å². The molecule has 1 N–H and O–H groups in total. The van der Waals surface area contributed by atoms with Crippen molar-refractivity contribution in [1.29, 1.82) is 0 Å². The maximum Gasteiger partial charge on any atom is 0.224 e. The lowest BCUT2D eigenvalue weighted by Gasteiger charge is -2.16. The minimum Gasteiger partial charge on any atom is -0.490 e. The topological polar surface area (TPSA) is 43.4 Å². The molecule has 2 rings (SSSR count). The van der Waals surface area contributed by atoms with Crippen molar-refractivity contribution in [1.82, 2.24) is 10.3 Å². The van der Waals surface area contributed by atoms with Crippen molar-refractivity contribution in [2.24, 2.45) is 0 Å². The maximum absolute atomic E-state index is 5.98. The Hall–Kier alpha value is -2.07. The molecule has 1 heterocycles. The summed E-state index contributed by atoms with van der Waals surface area (Å²) in [6.07, 6.45) is 2.69. The van der Waals surface area contributed by atoms with E-state index < -0.39 is 0 Å². The fourth-order valence-corrected chi connectivity index (χ4v) is 1.94. The van der Waals surface area contributed by atoms with Gasteiger partial charge in [-0.05, 0) is 38.6 Å². The predicted octanol–water partition coefficient (Wildman–Crippen LogP) is 3.94. The molecule has 4 heteroatoms. The Kier molecular flexibility index (Phi) is 5.58. The van der Waals surface area contributed by atoms with E-state index in [1.807, 2.05) is 43.4 Å². The van der Waals surface area contributed by atoms with E-state index in [2.05, 4.69) is 24.1 Å². The molecule has 0 bridgehead atoms. The van der Waals surface area contributed by atoms with Crippen molar-refractivity contribution in [2.75, 3.05) is 13.7 Å². The van der Waals surface area contributed by atoms with Gasteiger partial charge in [0.05, 0.1) is 6.61 Å². The third-order valence-corrected chi connectivity index (χ3v) is 3.22. The number of hydrogen-bond acceptors (Lipinski definition) is 4. The molecule has 0 spiro atoms.